The normalized spacial score (nSPS) is 10.4. The summed E-state index contributed by atoms with van der Waals surface area (Å²) in [6.45, 7) is 4.83. The molecule has 1 heterocycles. The molecule has 2 aromatic rings. The summed E-state index contributed by atoms with van der Waals surface area (Å²) in [6.07, 6.45) is 0. The minimum absolute atomic E-state index is 0.0457. The fraction of sp³-hybridized carbons (Fsp3) is 0.286. The molecule has 1 aromatic carbocycles. The number of carboxylic acids is 1. The van der Waals surface area contributed by atoms with Crippen LogP contribution in [0.3, 0.4) is 0 Å². The van der Waals surface area contributed by atoms with Crippen LogP contribution in [0.25, 0.3) is 0 Å². The van der Waals surface area contributed by atoms with Crippen molar-refractivity contribution in [2.75, 3.05) is 0 Å². The van der Waals surface area contributed by atoms with Gasteiger partial charge in [0.15, 0.2) is 5.69 Å². The largest absolute Gasteiger partial charge is 0.487 e. The Labute approximate surface area is 111 Å². The molecule has 0 aliphatic rings. The Kier molecular flexibility index (Phi) is 3.85. The zero-order chi connectivity index (χ0) is 13.8. The lowest BCUT2D eigenvalue weighted by atomic mass is 10.2. The lowest BCUT2D eigenvalue weighted by Gasteiger charge is -2.07. The van der Waals surface area contributed by atoms with Gasteiger partial charge in [-0.3, -0.25) is 4.68 Å². The van der Waals surface area contributed by atoms with Crippen molar-refractivity contribution in [1.29, 1.82) is 0 Å². The summed E-state index contributed by atoms with van der Waals surface area (Å²) in [4.78, 5) is 10.9. The van der Waals surface area contributed by atoms with Crippen molar-refractivity contribution in [3.8, 4) is 5.75 Å². The lowest BCUT2D eigenvalue weighted by molar-refractivity contribution is 0.0689. The highest BCUT2D eigenvalue weighted by molar-refractivity contribution is 5.85. The molecule has 0 spiro atoms. The summed E-state index contributed by atoms with van der Waals surface area (Å²) in [5.41, 5.74) is 1.96. The maximum atomic E-state index is 10.9. The number of aryl methyl sites for hydroxylation is 2. The molecule has 5 nitrogen and oxygen atoms in total. The smallest absolute Gasteiger partial charge is 0.356 e. The van der Waals surface area contributed by atoms with E-state index >= 15 is 0 Å². The molecule has 0 unspecified atom stereocenters. The number of aromatic carboxylic acids is 1. The van der Waals surface area contributed by atoms with Gasteiger partial charge in [0.2, 0.25) is 0 Å². The summed E-state index contributed by atoms with van der Waals surface area (Å²) in [6, 6.07) is 9.25. The molecule has 0 amide bonds. The van der Waals surface area contributed by atoms with E-state index in [1.807, 2.05) is 38.1 Å². The molecule has 100 valence electrons. The standard InChI is InChI=1S/C14H16N2O3/c1-3-16-11(8-13(15-16)14(17)18)9-19-12-6-4-10(2)5-7-12/h4-8H,3,9H2,1-2H3,(H,17,18). The van der Waals surface area contributed by atoms with E-state index in [2.05, 4.69) is 5.10 Å². The van der Waals surface area contributed by atoms with Crippen LogP contribution in [0.2, 0.25) is 0 Å². The average molecular weight is 260 g/mol. The molecule has 19 heavy (non-hydrogen) atoms. The Hall–Kier alpha value is -2.30. The van der Waals surface area contributed by atoms with Crippen LogP contribution in [-0.4, -0.2) is 20.9 Å². The van der Waals surface area contributed by atoms with Gasteiger partial charge in [0.05, 0.1) is 5.69 Å². The quantitative estimate of drug-likeness (QED) is 0.897. The van der Waals surface area contributed by atoms with Gasteiger partial charge in [-0.2, -0.15) is 5.10 Å². The van der Waals surface area contributed by atoms with Crippen LogP contribution in [0, 0.1) is 6.92 Å². The lowest BCUT2D eigenvalue weighted by Crippen LogP contribution is -2.06. The van der Waals surface area contributed by atoms with Gasteiger partial charge in [-0.05, 0) is 32.0 Å². The molecule has 0 aliphatic carbocycles. The molecular formula is C14H16N2O3. The zero-order valence-corrected chi connectivity index (χ0v) is 11.0. The molecule has 0 saturated heterocycles. The van der Waals surface area contributed by atoms with Crippen LogP contribution < -0.4 is 4.74 Å². The highest BCUT2D eigenvalue weighted by Crippen LogP contribution is 2.14. The minimum atomic E-state index is -1.02. The maximum absolute atomic E-state index is 10.9. The Morgan fingerprint density at radius 2 is 2.05 bits per heavy atom. The van der Waals surface area contributed by atoms with Crippen LogP contribution in [0.15, 0.2) is 30.3 Å². The fourth-order valence-corrected chi connectivity index (χ4v) is 1.74. The van der Waals surface area contributed by atoms with E-state index in [1.165, 1.54) is 5.56 Å². The summed E-state index contributed by atoms with van der Waals surface area (Å²) >= 11 is 0. The highest BCUT2D eigenvalue weighted by atomic mass is 16.5. The molecule has 5 heteroatoms. The van der Waals surface area contributed by atoms with Gasteiger partial charge < -0.3 is 9.84 Å². The number of carbonyl (C=O) groups is 1. The van der Waals surface area contributed by atoms with Gasteiger partial charge in [0, 0.05) is 6.54 Å². The SMILES string of the molecule is CCn1nc(C(=O)O)cc1COc1ccc(C)cc1. The van der Waals surface area contributed by atoms with Gasteiger partial charge in [-0.25, -0.2) is 4.79 Å². The number of rotatable bonds is 5. The Morgan fingerprint density at radius 1 is 1.37 bits per heavy atom. The molecule has 0 fully saturated rings. The number of hydrogen-bond donors (Lipinski definition) is 1. The van der Waals surface area contributed by atoms with E-state index in [4.69, 9.17) is 9.84 Å². The monoisotopic (exact) mass is 260 g/mol. The molecule has 1 aromatic heterocycles. The van der Waals surface area contributed by atoms with E-state index in [9.17, 15) is 4.79 Å². The summed E-state index contributed by atoms with van der Waals surface area (Å²) < 4.78 is 7.27. The van der Waals surface area contributed by atoms with Crippen LogP contribution >= 0.6 is 0 Å². The van der Waals surface area contributed by atoms with Crippen molar-refractivity contribution in [1.82, 2.24) is 9.78 Å². The summed E-state index contributed by atoms with van der Waals surface area (Å²) in [7, 11) is 0. The van der Waals surface area contributed by atoms with Crippen LogP contribution in [0.5, 0.6) is 5.75 Å². The third-order valence-electron chi connectivity index (χ3n) is 2.79. The first-order chi connectivity index (χ1) is 9.10. The molecule has 0 aliphatic heterocycles. The van der Waals surface area contributed by atoms with E-state index in [0.717, 1.165) is 11.4 Å². The highest BCUT2D eigenvalue weighted by Gasteiger charge is 2.12. The van der Waals surface area contributed by atoms with Gasteiger partial charge in [0.1, 0.15) is 12.4 Å². The van der Waals surface area contributed by atoms with E-state index < -0.39 is 5.97 Å². The number of aromatic nitrogens is 2. The summed E-state index contributed by atoms with van der Waals surface area (Å²) in [5.74, 6) is -0.268. The number of benzene rings is 1. The second-order valence-corrected chi connectivity index (χ2v) is 4.24. The van der Waals surface area contributed by atoms with Crippen molar-refractivity contribution < 1.29 is 14.6 Å². The molecule has 0 saturated carbocycles. The molecular weight excluding hydrogens is 244 g/mol. The third-order valence-corrected chi connectivity index (χ3v) is 2.79. The Morgan fingerprint density at radius 3 is 2.63 bits per heavy atom. The second kappa shape index (κ2) is 5.56. The zero-order valence-electron chi connectivity index (χ0n) is 11.0. The Balaban J connectivity index is 2.10. The van der Waals surface area contributed by atoms with Crippen molar-refractivity contribution in [2.45, 2.75) is 27.0 Å². The number of nitrogens with zero attached hydrogens (tertiary/aromatic N) is 2. The molecule has 2 rings (SSSR count). The fourth-order valence-electron chi connectivity index (χ4n) is 1.74. The van der Waals surface area contributed by atoms with Gasteiger partial charge in [-0.1, -0.05) is 17.7 Å². The molecule has 0 bridgehead atoms. The summed E-state index contributed by atoms with van der Waals surface area (Å²) in [5, 5.41) is 12.9. The number of ether oxygens (including phenoxy) is 1. The topological polar surface area (TPSA) is 64.4 Å². The predicted octanol–water partition coefficient (Wildman–Crippen LogP) is 2.49. The first kappa shape index (κ1) is 13.1. The van der Waals surface area contributed by atoms with Crippen molar-refractivity contribution >= 4 is 5.97 Å². The third kappa shape index (κ3) is 3.13. The van der Waals surface area contributed by atoms with Crippen molar-refractivity contribution in [3.05, 3.63) is 47.3 Å². The molecule has 0 atom stereocenters. The van der Waals surface area contributed by atoms with Crippen molar-refractivity contribution in [2.24, 2.45) is 0 Å². The first-order valence-electron chi connectivity index (χ1n) is 6.09. The Bertz CT molecular complexity index is 573. The minimum Gasteiger partial charge on any atom is -0.487 e. The van der Waals surface area contributed by atoms with Crippen LogP contribution in [-0.2, 0) is 13.2 Å². The van der Waals surface area contributed by atoms with Gasteiger partial charge in [0.25, 0.3) is 0 Å². The number of carboxylic acid groups (broad SMARTS) is 1. The molecule has 1 N–H and O–H groups in total. The number of hydrogen-bond acceptors (Lipinski definition) is 3. The van der Waals surface area contributed by atoms with E-state index in [0.29, 0.717) is 13.2 Å². The second-order valence-electron chi connectivity index (χ2n) is 4.24. The average Bonchev–Trinajstić information content (AvgIpc) is 2.81. The van der Waals surface area contributed by atoms with E-state index in [-0.39, 0.29) is 5.69 Å². The van der Waals surface area contributed by atoms with Crippen LogP contribution in [0.1, 0.15) is 28.7 Å². The van der Waals surface area contributed by atoms with E-state index in [1.54, 1.807) is 10.7 Å². The van der Waals surface area contributed by atoms with Crippen LogP contribution in [0.4, 0.5) is 0 Å². The maximum Gasteiger partial charge on any atom is 0.356 e. The van der Waals surface area contributed by atoms with Gasteiger partial charge >= 0.3 is 5.97 Å². The predicted molar refractivity (Wildman–Crippen MR) is 70.4 cm³/mol. The van der Waals surface area contributed by atoms with Crippen molar-refractivity contribution in [3.63, 3.8) is 0 Å². The molecule has 0 radical (unpaired) electrons. The van der Waals surface area contributed by atoms with Gasteiger partial charge in [-0.15, -0.1) is 0 Å². The first-order valence-corrected chi connectivity index (χ1v) is 6.09.